The number of amides is 1. The number of hydrogen-bond acceptors (Lipinski definition) is 6. The molecule has 25 heavy (non-hydrogen) atoms. The molecule has 7 nitrogen and oxygen atoms in total. The third-order valence-electron chi connectivity index (χ3n) is 2.99. The molecule has 2 aromatic rings. The monoisotopic (exact) mass is 362 g/mol. The van der Waals surface area contributed by atoms with Crippen LogP contribution in [0.15, 0.2) is 42.6 Å². The van der Waals surface area contributed by atoms with Crippen LogP contribution in [0.2, 0.25) is 5.15 Å². The van der Waals surface area contributed by atoms with Crippen molar-refractivity contribution in [2.45, 2.75) is 0 Å². The fourth-order valence-corrected chi connectivity index (χ4v) is 1.98. The number of phenols is 1. The van der Waals surface area contributed by atoms with E-state index in [-0.39, 0.29) is 16.7 Å². The van der Waals surface area contributed by atoms with Crippen LogP contribution in [-0.2, 0) is 14.3 Å². The van der Waals surface area contributed by atoms with Crippen LogP contribution >= 0.6 is 11.6 Å². The van der Waals surface area contributed by atoms with E-state index in [0.717, 1.165) is 6.08 Å². The van der Waals surface area contributed by atoms with Gasteiger partial charge in [-0.1, -0.05) is 17.7 Å². The molecule has 0 radical (unpaired) electrons. The van der Waals surface area contributed by atoms with E-state index in [4.69, 9.17) is 21.1 Å². The number of phenolic OH excluding ortho intramolecular Hbond substituents is 1. The van der Waals surface area contributed by atoms with Crippen LogP contribution in [0.5, 0.6) is 11.5 Å². The van der Waals surface area contributed by atoms with Gasteiger partial charge in [-0.15, -0.1) is 0 Å². The molecule has 0 atom stereocenters. The number of aromatic nitrogens is 1. The molecular formula is C17H15ClN2O5. The molecule has 1 aromatic heterocycles. The number of rotatable bonds is 6. The summed E-state index contributed by atoms with van der Waals surface area (Å²) >= 11 is 5.81. The number of nitrogens with zero attached hydrogens (tertiary/aromatic N) is 1. The summed E-state index contributed by atoms with van der Waals surface area (Å²) in [5, 5.41) is 12.1. The highest BCUT2D eigenvalue weighted by Gasteiger charge is 2.08. The van der Waals surface area contributed by atoms with E-state index in [0.29, 0.717) is 11.3 Å². The number of halogens is 1. The second-order valence-electron chi connectivity index (χ2n) is 4.76. The number of carbonyl (C=O) groups is 2. The minimum absolute atomic E-state index is 0.00652. The third-order valence-corrected chi connectivity index (χ3v) is 3.30. The third kappa shape index (κ3) is 5.50. The first kappa shape index (κ1) is 18.3. The maximum atomic E-state index is 11.7. The van der Waals surface area contributed by atoms with Crippen molar-refractivity contribution in [1.82, 2.24) is 4.98 Å². The molecule has 2 N–H and O–H groups in total. The molecule has 0 aliphatic heterocycles. The first-order chi connectivity index (χ1) is 12.0. The van der Waals surface area contributed by atoms with Crippen molar-refractivity contribution in [2.75, 3.05) is 19.0 Å². The van der Waals surface area contributed by atoms with Crippen LogP contribution in [0, 0.1) is 0 Å². The standard InChI is InChI=1S/C17H15ClN2O5/c1-24-14-9-11(4-6-13(14)21)5-7-16(23)25-10-15(22)20-12-3-2-8-19-17(12)18/h2-9,21H,10H2,1H3,(H,20,22)/b7-5+. The van der Waals surface area contributed by atoms with Gasteiger partial charge in [-0.3, -0.25) is 4.79 Å². The molecule has 1 amide bonds. The fourth-order valence-electron chi connectivity index (χ4n) is 1.81. The van der Waals surface area contributed by atoms with E-state index in [1.165, 1.54) is 25.4 Å². The first-order valence-corrected chi connectivity index (χ1v) is 7.49. The Morgan fingerprint density at radius 3 is 2.88 bits per heavy atom. The van der Waals surface area contributed by atoms with Crippen molar-refractivity contribution >= 4 is 35.2 Å². The molecule has 0 saturated carbocycles. The number of aromatic hydroxyl groups is 1. The van der Waals surface area contributed by atoms with Gasteiger partial charge in [-0.25, -0.2) is 9.78 Å². The highest BCUT2D eigenvalue weighted by Crippen LogP contribution is 2.26. The quantitative estimate of drug-likeness (QED) is 0.465. The molecule has 0 aliphatic carbocycles. The second kappa shape index (κ2) is 8.70. The van der Waals surface area contributed by atoms with Crippen LogP contribution in [0.3, 0.4) is 0 Å². The first-order valence-electron chi connectivity index (χ1n) is 7.12. The number of benzene rings is 1. The van der Waals surface area contributed by atoms with Gasteiger partial charge in [-0.2, -0.15) is 0 Å². The highest BCUT2D eigenvalue weighted by atomic mass is 35.5. The Morgan fingerprint density at radius 1 is 1.36 bits per heavy atom. The number of ether oxygens (including phenoxy) is 2. The molecule has 0 saturated heterocycles. The van der Waals surface area contributed by atoms with Gasteiger partial charge < -0.3 is 19.9 Å². The lowest BCUT2D eigenvalue weighted by molar-refractivity contribution is -0.142. The smallest absolute Gasteiger partial charge is 0.331 e. The van der Waals surface area contributed by atoms with Crippen molar-refractivity contribution < 1.29 is 24.2 Å². The lowest BCUT2D eigenvalue weighted by Gasteiger charge is -2.06. The van der Waals surface area contributed by atoms with E-state index < -0.39 is 18.5 Å². The van der Waals surface area contributed by atoms with Crippen LogP contribution in [-0.4, -0.2) is 35.7 Å². The van der Waals surface area contributed by atoms with E-state index in [1.54, 1.807) is 24.3 Å². The SMILES string of the molecule is COc1cc(/C=C/C(=O)OCC(=O)Nc2cccnc2Cl)ccc1O. The van der Waals surface area contributed by atoms with E-state index in [1.807, 2.05) is 0 Å². The average Bonchev–Trinajstić information content (AvgIpc) is 2.61. The number of methoxy groups -OCH3 is 1. The molecule has 130 valence electrons. The van der Waals surface area contributed by atoms with Gasteiger partial charge in [0.15, 0.2) is 23.3 Å². The molecule has 0 fully saturated rings. The van der Waals surface area contributed by atoms with Gasteiger partial charge in [-0.05, 0) is 35.9 Å². The maximum absolute atomic E-state index is 11.7. The van der Waals surface area contributed by atoms with Crippen molar-refractivity contribution in [3.63, 3.8) is 0 Å². The number of carbonyl (C=O) groups excluding carboxylic acids is 2. The normalized spacial score (nSPS) is 10.5. The Morgan fingerprint density at radius 2 is 2.16 bits per heavy atom. The van der Waals surface area contributed by atoms with Crippen molar-refractivity contribution in [3.8, 4) is 11.5 Å². The summed E-state index contributed by atoms with van der Waals surface area (Å²) in [5.41, 5.74) is 0.954. The topological polar surface area (TPSA) is 97.8 Å². The van der Waals surface area contributed by atoms with Crippen LogP contribution < -0.4 is 10.1 Å². The average molecular weight is 363 g/mol. The van der Waals surface area contributed by atoms with E-state index >= 15 is 0 Å². The van der Waals surface area contributed by atoms with Crippen molar-refractivity contribution in [1.29, 1.82) is 0 Å². The van der Waals surface area contributed by atoms with Crippen LogP contribution in [0.25, 0.3) is 6.08 Å². The zero-order valence-corrected chi connectivity index (χ0v) is 14.0. The number of pyridine rings is 1. The predicted molar refractivity (Wildman–Crippen MR) is 92.5 cm³/mol. The molecule has 0 aliphatic rings. The summed E-state index contributed by atoms with van der Waals surface area (Å²) in [6.07, 6.45) is 4.12. The number of nitrogens with one attached hydrogen (secondary N) is 1. The maximum Gasteiger partial charge on any atom is 0.331 e. The van der Waals surface area contributed by atoms with Crippen LogP contribution in [0.4, 0.5) is 5.69 Å². The minimum Gasteiger partial charge on any atom is -0.504 e. The Balaban J connectivity index is 1.86. The zero-order chi connectivity index (χ0) is 18.2. The molecule has 0 unspecified atom stereocenters. The highest BCUT2D eigenvalue weighted by molar-refractivity contribution is 6.32. The Labute approximate surface area is 148 Å². The van der Waals surface area contributed by atoms with E-state index in [9.17, 15) is 14.7 Å². The van der Waals surface area contributed by atoms with Gasteiger partial charge >= 0.3 is 5.97 Å². The molecule has 0 spiro atoms. The number of hydrogen-bond donors (Lipinski definition) is 2. The lowest BCUT2D eigenvalue weighted by Crippen LogP contribution is -2.20. The zero-order valence-electron chi connectivity index (χ0n) is 13.2. The van der Waals surface area contributed by atoms with Gasteiger partial charge in [0.05, 0.1) is 12.8 Å². The van der Waals surface area contributed by atoms with Crippen LogP contribution in [0.1, 0.15) is 5.56 Å². The molecule has 2 rings (SSSR count). The summed E-state index contributed by atoms with van der Waals surface area (Å²) in [6, 6.07) is 7.78. The molecule has 1 aromatic carbocycles. The summed E-state index contributed by atoms with van der Waals surface area (Å²) in [4.78, 5) is 27.2. The summed E-state index contributed by atoms with van der Waals surface area (Å²) in [5.74, 6) is -0.960. The second-order valence-corrected chi connectivity index (χ2v) is 5.12. The Hall–Kier alpha value is -3.06. The predicted octanol–water partition coefficient (Wildman–Crippen LogP) is 2.64. The largest absolute Gasteiger partial charge is 0.504 e. The summed E-state index contributed by atoms with van der Waals surface area (Å²) < 4.78 is 9.80. The lowest BCUT2D eigenvalue weighted by atomic mass is 10.2. The molecule has 1 heterocycles. The fraction of sp³-hybridized carbons (Fsp3) is 0.118. The molecular weight excluding hydrogens is 348 g/mol. The van der Waals surface area contributed by atoms with Gasteiger partial charge in [0.25, 0.3) is 5.91 Å². The van der Waals surface area contributed by atoms with Crippen molar-refractivity contribution in [3.05, 3.63) is 53.3 Å². The molecule has 8 heteroatoms. The van der Waals surface area contributed by atoms with E-state index in [2.05, 4.69) is 10.3 Å². The number of esters is 1. The molecule has 0 bridgehead atoms. The Kier molecular flexibility index (Phi) is 6.36. The van der Waals surface area contributed by atoms with Gasteiger partial charge in [0, 0.05) is 12.3 Å². The van der Waals surface area contributed by atoms with Crippen molar-refractivity contribution in [2.24, 2.45) is 0 Å². The minimum atomic E-state index is -0.695. The van der Waals surface area contributed by atoms with Gasteiger partial charge in [0.2, 0.25) is 0 Å². The van der Waals surface area contributed by atoms with Gasteiger partial charge in [0.1, 0.15) is 0 Å². The summed E-state index contributed by atoms with van der Waals surface area (Å²) in [6.45, 7) is -0.465. The summed E-state index contributed by atoms with van der Waals surface area (Å²) in [7, 11) is 1.42. The Bertz CT molecular complexity index is 807. The number of anilines is 1.